The van der Waals surface area contributed by atoms with Crippen molar-refractivity contribution in [2.75, 3.05) is 6.54 Å². The van der Waals surface area contributed by atoms with Crippen molar-refractivity contribution in [3.63, 3.8) is 0 Å². The standard InChI is InChI=1S/C8H11FN2S/c1-6(5-10)12-8-7(9)3-2-4-11-8/h2-4,6H,5,10H2,1H3. The molecule has 0 saturated carbocycles. The van der Waals surface area contributed by atoms with Gasteiger partial charge in [-0.1, -0.05) is 18.7 Å². The van der Waals surface area contributed by atoms with Crippen LogP contribution >= 0.6 is 11.8 Å². The normalized spacial score (nSPS) is 12.9. The fourth-order valence-electron chi connectivity index (χ4n) is 0.697. The third-order valence-corrected chi connectivity index (χ3v) is 2.49. The van der Waals surface area contributed by atoms with Crippen molar-refractivity contribution in [3.05, 3.63) is 24.1 Å². The lowest BCUT2D eigenvalue weighted by Gasteiger charge is -2.06. The third kappa shape index (κ3) is 2.46. The minimum atomic E-state index is -0.275. The van der Waals surface area contributed by atoms with E-state index in [9.17, 15) is 4.39 Å². The molecule has 12 heavy (non-hydrogen) atoms. The minimum absolute atomic E-state index is 0.203. The molecule has 0 spiro atoms. The molecule has 66 valence electrons. The Bertz CT molecular complexity index is 255. The molecule has 0 aliphatic carbocycles. The number of pyridine rings is 1. The molecule has 1 aromatic heterocycles. The number of hydrogen-bond acceptors (Lipinski definition) is 3. The van der Waals surface area contributed by atoms with Crippen LogP contribution in [0.4, 0.5) is 4.39 Å². The molecule has 0 aliphatic heterocycles. The summed E-state index contributed by atoms with van der Waals surface area (Å²) < 4.78 is 13.0. The Morgan fingerprint density at radius 1 is 1.75 bits per heavy atom. The van der Waals surface area contributed by atoms with E-state index in [1.165, 1.54) is 17.8 Å². The summed E-state index contributed by atoms with van der Waals surface area (Å²) in [5, 5.41) is 0.629. The van der Waals surface area contributed by atoms with E-state index < -0.39 is 0 Å². The van der Waals surface area contributed by atoms with Gasteiger partial charge in [-0.2, -0.15) is 0 Å². The molecule has 1 aromatic rings. The Balaban J connectivity index is 2.69. The fraction of sp³-hybridized carbons (Fsp3) is 0.375. The van der Waals surface area contributed by atoms with Crippen LogP contribution in [0.2, 0.25) is 0 Å². The number of rotatable bonds is 3. The molecular weight excluding hydrogens is 175 g/mol. The average Bonchev–Trinajstić information content (AvgIpc) is 2.09. The molecule has 4 heteroatoms. The van der Waals surface area contributed by atoms with Gasteiger partial charge in [0.25, 0.3) is 0 Å². The van der Waals surface area contributed by atoms with E-state index in [1.54, 1.807) is 12.3 Å². The highest BCUT2D eigenvalue weighted by molar-refractivity contribution is 7.99. The largest absolute Gasteiger partial charge is 0.329 e. The van der Waals surface area contributed by atoms with Crippen molar-refractivity contribution in [3.8, 4) is 0 Å². The van der Waals surface area contributed by atoms with Gasteiger partial charge >= 0.3 is 0 Å². The second kappa shape index (κ2) is 4.42. The number of hydrogen-bond donors (Lipinski definition) is 1. The van der Waals surface area contributed by atoms with E-state index in [1.807, 2.05) is 6.92 Å². The number of halogens is 1. The topological polar surface area (TPSA) is 38.9 Å². The number of aromatic nitrogens is 1. The summed E-state index contributed by atoms with van der Waals surface area (Å²) in [6.07, 6.45) is 1.58. The van der Waals surface area contributed by atoms with Gasteiger partial charge < -0.3 is 5.73 Å². The third-order valence-electron chi connectivity index (χ3n) is 1.37. The van der Waals surface area contributed by atoms with E-state index in [2.05, 4.69) is 4.98 Å². The summed E-state index contributed by atoms with van der Waals surface area (Å²) in [6.45, 7) is 2.47. The molecular formula is C8H11FN2S. The van der Waals surface area contributed by atoms with Gasteiger partial charge in [0.2, 0.25) is 0 Å². The lowest BCUT2D eigenvalue weighted by molar-refractivity contribution is 0.587. The van der Waals surface area contributed by atoms with Crippen LogP contribution < -0.4 is 5.73 Å². The smallest absolute Gasteiger partial charge is 0.155 e. The van der Waals surface area contributed by atoms with Crippen molar-refractivity contribution in [2.24, 2.45) is 5.73 Å². The number of nitrogens with zero attached hydrogens (tertiary/aromatic N) is 1. The molecule has 1 atom stereocenters. The maximum absolute atomic E-state index is 13.0. The first-order chi connectivity index (χ1) is 5.74. The molecule has 1 heterocycles. The summed E-state index contributed by atoms with van der Waals surface area (Å²) in [4.78, 5) is 3.90. The first-order valence-corrected chi connectivity index (χ1v) is 4.59. The van der Waals surface area contributed by atoms with Crippen LogP contribution in [-0.4, -0.2) is 16.8 Å². The summed E-state index contributed by atoms with van der Waals surface area (Å²) in [5.74, 6) is -0.275. The predicted molar refractivity (Wildman–Crippen MR) is 48.6 cm³/mol. The zero-order valence-electron chi connectivity index (χ0n) is 6.83. The van der Waals surface area contributed by atoms with Crippen molar-refractivity contribution < 1.29 is 4.39 Å². The van der Waals surface area contributed by atoms with E-state index in [-0.39, 0.29) is 11.1 Å². The summed E-state index contributed by atoms with van der Waals surface area (Å²) in [7, 11) is 0. The Kier molecular flexibility index (Phi) is 3.49. The Hall–Kier alpha value is -0.610. The van der Waals surface area contributed by atoms with Crippen molar-refractivity contribution in [2.45, 2.75) is 17.2 Å². The van der Waals surface area contributed by atoms with Crippen LogP contribution in [0.5, 0.6) is 0 Å². The molecule has 2 N–H and O–H groups in total. The first kappa shape index (κ1) is 9.48. The highest BCUT2D eigenvalue weighted by Gasteiger charge is 2.07. The first-order valence-electron chi connectivity index (χ1n) is 3.71. The van der Waals surface area contributed by atoms with Crippen molar-refractivity contribution in [1.29, 1.82) is 0 Å². The highest BCUT2D eigenvalue weighted by atomic mass is 32.2. The SMILES string of the molecule is CC(CN)Sc1ncccc1F. The predicted octanol–water partition coefficient (Wildman–Crippen LogP) is 1.66. The van der Waals surface area contributed by atoms with E-state index in [4.69, 9.17) is 5.73 Å². The van der Waals surface area contributed by atoms with Gasteiger partial charge in [-0.05, 0) is 12.1 Å². The second-order valence-electron chi connectivity index (χ2n) is 2.45. The van der Waals surface area contributed by atoms with Crippen LogP contribution in [-0.2, 0) is 0 Å². The molecule has 0 saturated heterocycles. The zero-order valence-corrected chi connectivity index (χ0v) is 7.64. The van der Waals surface area contributed by atoms with Gasteiger partial charge in [-0.3, -0.25) is 0 Å². The Labute approximate surface area is 75.4 Å². The van der Waals surface area contributed by atoms with Crippen LogP contribution in [0, 0.1) is 5.82 Å². The summed E-state index contributed by atoms with van der Waals surface area (Å²) in [6, 6.07) is 2.98. The van der Waals surface area contributed by atoms with Gasteiger partial charge in [0.05, 0.1) is 0 Å². The van der Waals surface area contributed by atoms with E-state index in [0.29, 0.717) is 11.6 Å². The second-order valence-corrected chi connectivity index (χ2v) is 3.88. The van der Waals surface area contributed by atoms with Crippen molar-refractivity contribution in [1.82, 2.24) is 4.98 Å². The highest BCUT2D eigenvalue weighted by Crippen LogP contribution is 2.22. The maximum Gasteiger partial charge on any atom is 0.155 e. The van der Waals surface area contributed by atoms with Gasteiger partial charge in [0, 0.05) is 18.0 Å². The molecule has 0 amide bonds. The van der Waals surface area contributed by atoms with Gasteiger partial charge in [-0.25, -0.2) is 9.37 Å². The monoisotopic (exact) mass is 186 g/mol. The van der Waals surface area contributed by atoms with E-state index in [0.717, 1.165) is 0 Å². The molecule has 0 aliphatic rings. The summed E-state index contributed by atoms with van der Waals surface area (Å²) in [5.41, 5.74) is 5.40. The van der Waals surface area contributed by atoms with Gasteiger partial charge in [-0.15, -0.1) is 0 Å². The molecule has 2 nitrogen and oxygen atoms in total. The van der Waals surface area contributed by atoms with Crippen LogP contribution in [0.25, 0.3) is 0 Å². The van der Waals surface area contributed by atoms with Crippen molar-refractivity contribution >= 4 is 11.8 Å². The molecule has 1 unspecified atom stereocenters. The maximum atomic E-state index is 13.0. The quantitative estimate of drug-likeness (QED) is 0.730. The lowest BCUT2D eigenvalue weighted by Crippen LogP contribution is -2.12. The minimum Gasteiger partial charge on any atom is -0.329 e. The Morgan fingerprint density at radius 3 is 3.08 bits per heavy atom. The molecule has 0 radical (unpaired) electrons. The Morgan fingerprint density at radius 2 is 2.50 bits per heavy atom. The van der Waals surface area contributed by atoms with Crippen LogP contribution in [0.1, 0.15) is 6.92 Å². The number of thioether (sulfide) groups is 1. The molecule has 0 aromatic carbocycles. The van der Waals surface area contributed by atoms with Gasteiger partial charge in [0.15, 0.2) is 5.82 Å². The lowest BCUT2D eigenvalue weighted by atomic mass is 10.5. The molecule has 1 rings (SSSR count). The number of nitrogens with two attached hydrogens (primary N) is 1. The van der Waals surface area contributed by atoms with Crippen LogP contribution in [0.15, 0.2) is 23.4 Å². The fourth-order valence-corrected chi connectivity index (χ4v) is 1.48. The van der Waals surface area contributed by atoms with Crippen LogP contribution in [0.3, 0.4) is 0 Å². The van der Waals surface area contributed by atoms with E-state index >= 15 is 0 Å². The van der Waals surface area contributed by atoms with Gasteiger partial charge in [0.1, 0.15) is 5.03 Å². The zero-order chi connectivity index (χ0) is 8.97. The molecule has 0 fully saturated rings. The average molecular weight is 186 g/mol. The summed E-state index contributed by atoms with van der Waals surface area (Å²) >= 11 is 1.36. The molecule has 0 bridgehead atoms.